The van der Waals surface area contributed by atoms with E-state index in [-0.39, 0.29) is 48.7 Å². The summed E-state index contributed by atoms with van der Waals surface area (Å²) in [6.07, 6.45) is -1.95. The molecule has 2 aromatic rings. The molecule has 0 bridgehead atoms. The lowest BCUT2D eigenvalue weighted by molar-refractivity contribution is 0.0357. The molecule has 0 radical (unpaired) electrons. The lowest BCUT2D eigenvalue weighted by atomic mass is 9.98. The Labute approximate surface area is 264 Å². The maximum atomic E-state index is 13.6. The van der Waals surface area contributed by atoms with Gasteiger partial charge in [-0.2, -0.15) is 4.90 Å². The first-order valence-electron chi connectivity index (χ1n) is 15.3. The second-order valence-corrected chi connectivity index (χ2v) is 13.8. The van der Waals surface area contributed by atoms with E-state index in [1.807, 2.05) is 19.1 Å². The molecule has 1 saturated heterocycles. The maximum Gasteiger partial charge on any atom is 0.425 e. The number of hydrogen-bond donors (Lipinski definition) is 2. The van der Waals surface area contributed by atoms with Crippen LogP contribution in [0.5, 0.6) is 0 Å². The topological polar surface area (TPSA) is 131 Å². The Kier molecular flexibility index (Phi) is 10.4. The molecule has 4 atom stereocenters. The van der Waals surface area contributed by atoms with Gasteiger partial charge in [-0.15, -0.1) is 0 Å². The molecule has 1 aliphatic carbocycles. The van der Waals surface area contributed by atoms with Crippen LogP contribution >= 0.6 is 0 Å². The van der Waals surface area contributed by atoms with Crippen LogP contribution in [0.1, 0.15) is 70.7 Å². The monoisotopic (exact) mass is 628 g/mol. The van der Waals surface area contributed by atoms with E-state index in [4.69, 9.17) is 14.2 Å². The largest absolute Gasteiger partial charge is 0.465 e. The van der Waals surface area contributed by atoms with Crippen LogP contribution in [0.3, 0.4) is 0 Å². The summed E-state index contributed by atoms with van der Waals surface area (Å²) in [4.78, 5) is 45.0. The normalized spacial score (nSPS) is 21.4. The van der Waals surface area contributed by atoms with E-state index in [0.29, 0.717) is 25.3 Å². The molecule has 45 heavy (non-hydrogen) atoms. The van der Waals surface area contributed by atoms with Crippen molar-refractivity contribution in [2.24, 2.45) is 5.92 Å². The first kappa shape index (κ1) is 34.1. The Bertz CT molecular complexity index is 1360. The van der Waals surface area contributed by atoms with Gasteiger partial charge in [-0.3, -0.25) is 0 Å². The summed E-state index contributed by atoms with van der Waals surface area (Å²) in [6.45, 7) is 13.4. The molecule has 1 aliphatic heterocycles. The van der Waals surface area contributed by atoms with E-state index in [9.17, 15) is 23.9 Å². The molecule has 2 heterocycles. The standard InChI is InChI=1S/C33H45FN4O7/c1-20-13-24(36-28(14-20)38(30(41)44-32(2,3)4)31(42)45-33(5,6)7)16-22-18-37(29(39)40)19-27(22)43-12-11-35-26-17-25(26)21-9-8-10-23(34)15-21/h8-10,13-15,22,25-27,35H,11-12,16-19H2,1-7H3,(H,39,40)/t22?,25-,26+,27?/m1/s1. The Morgan fingerprint density at radius 2 is 1.71 bits per heavy atom. The highest BCUT2D eigenvalue weighted by molar-refractivity contribution is 6.08. The van der Waals surface area contributed by atoms with Gasteiger partial charge in [0, 0.05) is 36.7 Å². The molecule has 3 amide bonds. The van der Waals surface area contributed by atoms with Gasteiger partial charge in [0.2, 0.25) is 0 Å². The number of ether oxygens (including phenoxy) is 3. The number of amides is 3. The number of likely N-dealkylation sites (tertiary alicyclic amines) is 1. The van der Waals surface area contributed by atoms with Crippen LogP contribution in [0, 0.1) is 18.7 Å². The number of carboxylic acid groups (broad SMARTS) is 1. The Morgan fingerprint density at radius 3 is 2.31 bits per heavy atom. The molecule has 11 nitrogen and oxygen atoms in total. The first-order valence-corrected chi connectivity index (χ1v) is 15.3. The average Bonchev–Trinajstić information content (AvgIpc) is 3.55. The zero-order valence-corrected chi connectivity index (χ0v) is 27.1. The molecule has 2 aliphatic rings. The minimum atomic E-state index is -1.03. The van der Waals surface area contributed by atoms with E-state index in [1.165, 1.54) is 11.0 Å². The van der Waals surface area contributed by atoms with Crippen molar-refractivity contribution in [2.75, 3.05) is 31.1 Å². The van der Waals surface area contributed by atoms with Crippen molar-refractivity contribution in [3.63, 3.8) is 0 Å². The number of nitrogens with one attached hydrogen (secondary N) is 1. The number of rotatable bonds is 9. The fraction of sp³-hybridized carbons (Fsp3) is 0.576. The fourth-order valence-electron chi connectivity index (χ4n) is 5.45. The smallest absolute Gasteiger partial charge is 0.425 e. The maximum absolute atomic E-state index is 13.6. The van der Waals surface area contributed by atoms with E-state index >= 15 is 0 Å². The van der Waals surface area contributed by atoms with Gasteiger partial charge in [0.1, 0.15) is 22.8 Å². The van der Waals surface area contributed by atoms with Gasteiger partial charge in [0.05, 0.1) is 19.3 Å². The molecule has 2 fully saturated rings. The van der Waals surface area contributed by atoms with Crippen molar-refractivity contribution in [3.8, 4) is 0 Å². The zero-order valence-electron chi connectivity index (χ0n) is 27.1. The third-order valence-corrected chi connectivity index (χ3v) is 7.42. The zero-order chi connectivity index (χ0) is 33.1. The molecule has 4 rings (SSSR count). The van der Waals surface area contributed by atoms with Crippen molar-refractivity contribution in [1.82, 2.24) is 15.2 Å². The predicted molar refractivity (Wildman–Crippen MR) is 166 cm³/mol. The molecular formula is C33H45FN4O7. The molecule has 1 aromatic heterocycles. The predicted octanol–water partition coefficient (Wildman–Crippen LogP) is 5.89. The summed E-state index contributed by atoms with van der Waals surface area (Å²) >= 11 is 0. The van der Waals surface area contributed by atoms with E-state index in [1.54, 1.807) is 59.7 Å². The molecule has 2 unspecified atom stereocenters. The van der Waals surface area contributed by atoms with Crippen LogP contribution < -0.4 is 10.2 Å². The van der Waals surface area contributed by atoms with Crippen molar-refractivity contribution in [3.05, 3.63) is 59.0 Å². The number of aryl methyl sites for hydroxylation is 1. The fourth-order valence-corrected chi connectivity index (χ4v) is 5.45. The quantitative estimate of drug-likeness (QED) is 0.327. The van der Waals surface area contributed by atoms with Crippen LogP contribution in [-0.2, 0) is 20.6 Å². The number of carbonyl (C=O) groups excluding carboxylic acids is 2. The van der Waals surface area contributed by atoms with Crippen LogP contribution in [0.15, 0.2) is 36.4 Å². The van der Waals surface area contributed by atoms with Crippen molar-refractivity contribution in [2.45, 2.75) is 90.6 Å². The molecule has 0 spiro atoms. The molecule has 2 N–H and O–H groups in total. The van der Waals surface area contributed by atoms with Gasteiger partial charge >= 0.3 is 18.3 Å². The lowest BCUT2D eigenvalue weighted by Gasteiger charge is -2.28. The summed E-state index contributed by atoms with van der Waals surface area (Å²) in [6, 6.07) is 10.3. The minimum Gasteiger partial charge on any atom is -0.465 e. The van der Waals surface area contributed by atoms with Crippen molar-refractivity contribution in [1.29, 1.82) is 0 Å². The van der Waals surface area contributed by atoms with E-state index < -0.39 is 29.5 Å². The van der Waals surface area contributed by atoms with Gasteiger partial charge in [-0.25, -0.2) is 23.8 Å². The summed E-state index contributed by atoms with van der Waals surface area (Å²) < 4.78 is 30.8. The third-order valence-electron chi connectivity index (χ3n) is 7.42. The number of nitrogens with zero attached hydrogens (tertiary/aromatic N) is 3. The summed E-state index contributed by atoms with van der Waals surface area (Å²) in [5, 5.41) is 13.1. The molecule has 12 heteroatoms. The van der Waals surface area contributed by atoms with Gasteiger partial charge in [-0.05, 0) is 96.7 Å². The lowest BCUT2D eigenvalue weighted by Crippen LogP contribution is -2.44. The van der Waals surface area contributed by atoms with Gasteiger partial charge in [0.15, 0.2) is 0 Å². The number of pyridine rings is 1. The average molecular weight is 629 g/mol. The molecule has 1 aromatic carbocycles. The molecule has 246 valence electrons. The SMILES string of the molecule is Cc1cc(CC2CN(C(=O)O)CC2OCCN[C@H]2C[C@@H]2c2cccc(F)c2)nc(N(C(=O)OC(C)(C)C)C(=O)OC(C)(C)C)c1. The summed E-state index contributed by atoms with van der Waals surface area (Å²) in [5.74, 6) is -0.124. The number of benzene rings is 1. The van der Waals surface area contributed by atoms with E-state index in [2.05, 4.69) is 10.3 Å². The van der Waals surface area contributed by atoms with Gasteiger partial charge in [-0.1, -0.05) is 12.1 Å². The second kappa shape index (κ2) is 13.7. The van der Waals surface area contributed by atoms with Crippen LogP contribution in [0.4, 0.5) is 24.6 Å². The number of hydrogen-bond acceptors (Lipinski definition) is 8. The van der Waals surface area contributed by atoms with Gasteiger partial charge < -0.3 is 29.5 Å². The molecule has 1 saturated carbocycles. The summed E-state index contributed by atoms with van der Waals surface area (Å²) in [7, 11) is 0. The number of carbonyl (C=O) groups is 3. The van der Waals surface area contributed by atoms with E-state index in [0.717, 1.165) is 22.4 Å². The highest BCUT2D eigenvalue weighted by atomic mass is 19.1. The Hall–Kier alpha value is -3.77. The highest BCUT2D eigenvalue weighted by Gasteiger charge is 2.39. The second-order valence-electron chi connectivity index (χ2n) is 13.8. The first-order chi connectivity index (χ1) is 21.0. The van der Waals surface area contributed by atoms with Gasteiger partial charge in [0.25, 0.3) is 0 Å². The highest BCUT2D eigenvalue weighted by Crippen LogP contribution is 2.40. The number of aromatic nitrogens is 1. The van der Waals surface area contributed by atoms with Crippen LogP contribution in [-0.4, -0.2) is 82.9 Å². The number of imide groups is 1. The minimum absolute atomic E-state index is 0.0561. The van der Waals surface area contributed by atoms with Crippen molar-refractivity contribution < 1.29 is 38.1 Å². The molecular weight excluding hydrogens is 583 g/mol. The summed E-state index contributed by atoms with van der Waals surface area (Å²) in [5.41, 5.74) is 0.561. The van der Waals surface area contributed by atoms with Crippen molar-refractivity contribution >= 4 is 24.1 Å². The number of halogens is 1. The van der Waals surface area contributed by atoms with Crippen LogP contribution in [0.25, 0.3) is 0 Å². The Morgan fingerprint density at radius 1 is 1.04 bits per heavy atom. The van der Waals surface area contributed by atoms with Crippen LogP contribution in [0.2, 0.25) is 0 Å². The Balaban J connectivity index is 1.44. The number of anilines is 1. The third kappa shape index (κ3) is 9.86.